The van der Waals surface area contributed by atoms with Gasteiger partial charge >= 0.3 is 0 Å². The van der Waals surface area contributed by atoms with Crippen molar-refractivity contribution in [1.29, 1.82) is 0 Å². The SMILES string of the molecule is CC(C)c1c(NN)ncnc1NC(CO)(CO)CO. The van der Waals surface area contributed by atoms with Gasteiger partial charge in [-0.1, -0.05) is 13.8 Å². The summed E-state index contributed by atoms with van der Waals surface area (Å²) in [5.74, 6) is 6.33. The maximum Gasteiger partial charge on any atom is 0.148 e. The number of aliphatic hydroxyl groups excluding tert-OH is 3. The fraction of sp³-hybridized carbons (Fsp3) is 0.636. The van der Waals surface area contributed by atoms with Crippen molar-refractivity contribution in [3.63, 3.8) is 0 Å². The zero-order valence-corrected chi connectivity index (χ0v) is 11.1. The van der Waals surface area contributed by atoms with Gasteiger partial charge < -0.3 is 26.1 Å². The molecule has 0 aliphatic heterocycles. The van der Waals surface area contributed by atoms with Gasteiger partial charge in [-0.15, -0.1) is 0 Å². The van der Waals surface area contributed by atoms with Crippen LogP contribution in [-0.2, 0) is 0 Å². The Bertz CT molecular complexity index is 401. The molecule has 0 aliphatic rings. The first-order valence-corrected chi connectivity index (χ1v) is 5.96. The number of nitrogen functional groups attached to an aromatic ring is 1. The largest absolute Gasteiger partial charge is 0.394 e. The minimum absolute atomic E-state index is 0.0588. The topological polar surface area (TPSA) is 137 Å². The summed E-state index contributed by atoms with van der Waals surface area (Å²) in [6, 6.07) is 0. The van der Waals surface area contributed by atoms with Crippen LogP contribution >= 0.6 is 0 Å². The molecule has 1 aromatic rings. The monoisotopic (exact) mass is 271 g/mol. The maximum atomic E-state index is 9.33. The van der Waals surface area contributed by atoms with Crippen LogP contribution in [0.25, 0.3) is 0 Å². The molecule has 0 aromatic carbocycles. The van der Waals surface area contributed by atoms with Crippen LogP contribution in [0, 0.1) is 0 Å². The lowest BCUT2D eigenvalue weighted by atomic mass is 10.0. The van der Waals surface area contributed by atoms with E-state index >= 15 is 0 Å². The molecule has 0 saturated heterocycles. The quantitative estimate of drug-likeness (QED) is 0.275. The van der Waals surface area contributed by atoms with E-state index < -0.39 is 25.4 Å². The van der Waals surface area contributed by atoms with Crippen LogP contribution in [0.5, 0.6) is 0 Å². The van der Waals surface area contributed by atoms with Gasteiger partial charge in [0.1, 0.15) is 23.5 Å². The normalized spacial score (nSPS) is 11.7. The van der Waals surface area contributed by atoms with E-state index in [-0.39, 0.29) is 5.92 Å². The van der Waals surface area contributed by atoms with Crippen molar-refractivity contribution < 1.29 is 15.3 Å². The standard InChI is InChI=1S/C11H21N5O3/c1-7(2)8-9(13-6-14-10(8)16-12)15-11(3-17,4-18)5-19/h6-7,17-19H,3-5,12H2,1-2H3,(H2,13,14,15,16). The van der Waals surface area contributed by atoms with Crippen molar-refractivity contribution in [3.8, 4) is 0 Å². The molecule has 8 nitrogen and oxygen atoms in total. The molecule has 1 heterocycles. The highest BCUT2D eigenvalue weighted by Crippen LogP contribution is 2.29. The van der Waals surface area contributed by atoms with Crippen molar-refractivity contribution in [2.45, 2.75) is 25.3 Å². The third-order valence-electron chi connectivity index (χ3n) is 2.89. The number of nitrogens with zero attached hydrogens (tertiary/aromatic N) is 2. The summed E-state index contributed by atoms with van der Waals surface area (Å²) in [4.78, 5) is 8.10. The Morgan fingerprint density at radius 3 is 2.11 bits per heavy atom. The molecule has 7 N–H and O–H groups in total. The second-order valence-corrected chi connectivity index (χ2v) is 4.66. The van der Waals surface area contributed by atoms with Gasteiger partial charge in [-0.3, -0.25) is 0 Å². The zero-order valence-electron chi connectivity index (χ0n) is 11.1. The van der Waals surface area contributed by atoms with Gasteiger partial charge in [0.15, 0.2) is 0 Å². The van der Waals surface area contributed by atoms with Crippen LogP contribution in [0.4, 0.5) is 11.6 Å². The lowest BCUT2D eigenvalue weighted by Crippen LogP contribution is -2.49. The van der Waals surface area contributed by atoms with Crippen LogP contribution in [0.3, 0.4) is 0 Å². The van der Waals surface area contributed by atoms with E-state index in [1.165, 1.54) is 6.33 Å². The Morgan fingerprint density at radius 1 is 1.16 bits per heavy atom. The third-order valence-corrected chi connectivity index (χ3v) is 2.89. The second-order valence-electron chi connectivity index (χ2n) is 4.66. The van der Waals surface area contributed by atoms with Crippen molar-refractivity contribution in [2.24, 2.45) is 5.84 Å². The van der Waals surface area contributed by atoms with Gasteiger partial charge in [0.25, 0.3) is 0 Å². The summed E-state index contributed by atoms with van der Waals surface area (Å²) in [6.07, 6.45) is 1.31. The number of nitrogens with two attached hydrogens (primary N) is 1. The minimum atomic E-state index is -1.25. The maximum absolute atomic E-state index is 9.33. The molecule has 0 unspecified atom stereocenters. The average Bonchev–Trinajstić information content (AvgIpc) is 2.44. The molecule has 108 valence electrons. The molecule has 0 amide bonds. The van der Waals surface area contributed by atoms with Crippen LogP contribution in [-0.4, -0.2) is 50.6 Å². The molecule has 0 saturated carbocycles. The lowest BCUT2D eigenvalue weighted by Gasteiger charge is -2.30. The fourth-order valence-corrected chi connectivity index (χ4v) is 1.68. The van der Waals surface area contributed by atoms with Gasteiger partial charge in [0.05, 0.1) is 19.8 Å². The van der Waals surface area contributed by atoms with Crippen molar-refractivity contribution in [3.05, 3.63) is 11.9 Å². The Morgan fingerprint density at radius 2 is 1.68 bits per heavy atom. The molecule has 0 radical (unpaired) electrons. The molecule has 0 aliphatic carbocycles. The van der Waals surface area contributed by atoms with E-state index in [2.05, 4.69) is 20.7 Å². The van der Waals surface area contributed by atoms with Crippen LogP contribution in [0.2, 0.25) is 0 Å². The molecular formula is C11H21N5O3. The zero-order chi connectivity index (χ0) is 14.5. The highest BCUT2D eigenvalue weighted by atomic mass is 16.3. The number of anilines is 2. The number of hydrogen-bond donors (Lipinski definition) is 6. The summed E-state index contributed by atoms with van der Waals surface area (Å²) in [5, 5.41) is 30.9. The third kappa shape index (κ3) is 3.29. The van der Waals surface area contributed by atoms with E-state index in [4.69, 9.17) is 5.84 Å². The van der Waals surface area contributed by atoms with Gasteiger partial charge in [-0.2, -0.15) is 0 Å². The molecule has 0 spiro atoms. The van der Waals surface area contributed by atoms with E-state index in [0.29, 0.717) is 17.2 Å². The first-order valence-electron chi connectivity index (χ1n) is 5.96. The van der Waals surface area contributed by atoms with Crippen LogP contribution < -0.4 is 16.6 Å². The highest BCUT2D eigenvalue weighted by Gasteiger charge is 2.30. The lowest BCUT2D eigenvalue weighted by molar-refractivity contribution is 0.0830. The predicted molar refractivity (Wildman–Crippen MR) is 71.5 cm³/mol. The molecule has 0 bridgehead atoms. The van der Waals surface area contributed by atoms with E-state index in [9.17, 15) is 15.3 Å². The Labute approximate surface area is 111 Å². The van der Waals surface area contributed by atoms with Crippen LogP contribution in [0.15, 0.2) is 6.33 Å². The van der Waals surface area contributed by atoms with E-state index in [1.54, 1.807) is 0 Å². The van der Waals surface area contributed by atoms with Gasteiger partial charge in [-0.25, -0.2) is 15.8 Å². The molecule has 0 fully saturated rings. The number of nitrogens with one attached hydrogen (secondary N) is 2. The van der Waals surface area contributed by atoms with Crippen molar-refractivity contribution >= 4 is 11.6 Å². The Hall–Kier alpha value is -1.48. The number of hydrogen-bond acceptors (Lipinski definition) is 8. The minimum Gasteiger partial charge on any atom is -0.394 e. The summed E-state index contributed by atoms with van der Waals surface area (Å²) in [7, 11) is 0. The Kier molecular flexibility index (Phi) is 5.43. The molecule has 8 heteroatoms. The molecular weight excluding hydrogens is 250 g/mol. The molecule has 0 atom stereocenters. The summed E-state index contributed by atoms with van der Waals surface area (Å²) >= 11 is 0. The molecule has 1 aromatic heterocycles. The molecule has 1 rings (SSSR count). The average molecular weight is 271 g/mol. The number of aromatic nitrogens is 2. The smallest absolute Gasteiger partial charge is 0.148 e. The van der Waals surface area contributed by atoms with E-state index in [1.807, 2.05) is 13.8 Å². The first-order chi connectivity index (χ1) is 9.03. The summed E-state index contributed by atoms with van der Waals surface area (Å²) in [6.45, 7) is 2.55. The number of hydrazine groups is 1. The van der Waals surface area contributed by atoms with Crippen LogP contribution in [0.1, 0.15) is 25.3 Å². The fourth-order valence-electron chi connectivity index (χ4n) is 1.68. The Balaban J connectivity index is 3.20. The number of aliphatic hydroxyl groups is 3. The first kappa shape index (κ1) is 15.6. The second kappa shape index (κ2) is 6.62. The predicted octanol–water partition coefficient (Wildman–Crippen LogP) is -0.987. The summed E-state index contributed by atoms with van der Waals surface area (Å²) in [5.41, 5.74) is 1.95. The van der Waals surface area contributed by atoms with Gasteiger partial charge in [-0.05, 0) is 5.92 Å². The highest BCUT2D eigenvalue weighted by molar-refractivity contribution is 5.59. The van der Waals surface area contributed by atoms with Crippen molar-refractivity contribution in [1.82, 2.24) is 9.97 Å². The van der Waals surface area contributed by atoms with E-state index in [0.717, 1.165) is 0 Å². The molecule has 19 heavy (non-hydrogen) atoms. The summed E-state index contributed by atoms with van der Waals surface area (Å²) < 4.78 is 0. The number of rotatable bonds is 7. The van der Waals surface area contributed by atoms with Gasteiger partial charge in [0, 0.05) is 5.56 Å². The van der Waals surface area contributed by atoms with Gasteiger partial charge in [0.2, 0.25) is 0 Å². The van der Waals surface area contributed by atoms with Crippen molar-refractivity contribution in [2.75, 3.05) is 30.6 Å².